The maximum Gasteiger partial charge on any atom is 0.252 e. The van der Waals surface area contributed by atoms with Gasteiger partial charge in [0.2, 0.25) is 5.91 Å². The highest BCUT2D eigenvalue weighted by Crippen LogP contribution is 2.19. The molecule has 0 saturated carbocycles. The summed E-state index contributed by atoms with van der Waals surface area (Å²) in [7, 11) is 0. The largest absolute Gasteiger partial charge is 0.338 e. The van der Waals surface area contributed by atoms with Crippen LogP contribution >= 0.6 is 0 Å². The first-order valence-electron chi connectivity index (χ1n) is 8.61. The molecule has 2 rings (SSSR count). The number of hydrogen-bond acceptors (Lipinski definition) is 3. The lowest BCUT2D eigenvalue weighted by Crippen LogP contribution is -2.43. The minimum absolute atomic E-state index is 0.0613. The third-order valence-electron chi connectivity index (χ3n) is 4.44. The van der Waals surface area contributed by atoms with Crippen LogP contribution in [0.5, 0.6) is 0 Å². The zero-order valence-electron chi connectivity index (χ0n) is 15.3. The van der Waals surface area contributed by atoms with Crippen molar-refractivity contribution in [1.82, 2.24) is 10.6 Å². The van der Waals surface area contributed by atoms with E-state index in [9.17, 15) is 14.4 Å². The van der Waals surface area contributed by atoms with Crippen molar-refractivity contribution in [2.45, 2.75) is 27.2 Å². The molecule has 5 heteroatoms. The zero-order valence-corrected chi connectivity index (χ0v) is 15.3. The maximum absolute atomic E-state index is 12.3. The van der Waals surface area contributed by atoms with E-state index in [0.29, 0.717) is 23.1 Å². The molecule has 2 amide bonds. The molecule has 0 unspecified atom stereocenters. The average Bonchev–Trinajstić information content (AvgIpc) is 2.68. The molecule has 136 valence electrons. The number of carbonyl (C=O) groups excluding carboxylic acids is 3. The van der Waals surface area contributed by atoms with E-state index < -0.39 is 5.41 Å². The minimum Gasteiger partial charge on any atom is -0.338 e. The Balaban J connectivity index is 1.93. The van der Waals surface area contributed by atoms with Crippen molar-refractivity contribution in [2.24, 2.45) is 5.41 Å². The lowest BCUT2D eigenvalue weighted by molar-refractivity contribution is -0.129. The number of amides is 2. The summed E-state index contributed by atoms with van der Waals surface area (Å²) in [5, 5.41) is 5.35. The summed E-state index contributed by atoms with van der Waals surface area (Å²) < 4.78 is 0. The molecular formula is C21H24N2O3. The molecule has 0 fully saturated rings. The Bertz CT molecular complexity index is 781. The first-order chi connectivity index (χ1) is 12.3. The van der Waals surface area contributed by atoms with Crippen molar-refractivity contribution < 1.29 is 14.4 Å². The van der Waals surface area contributed by atoms with Crippen LogP contribution in [0.25, 0.3) is 0 Å². The molecular weight excluding hydrogens is 328 g/mol. The average molecular weight is 352 g/mol. The number of hydrogen-bond donors (Lipinski definition) is 2. The predicted octanol–water partition coefficient (Wildman–Crippen LogP) is 3.16. The summed E-state index contributed by atoms with van der Waals surface area (Å²) >= 11 is 0. The van der Waals surface area contributed by atoms with Gasteiger partial charge in [-0.25, -0.2) is 0 Å². The van der Waals surface area contributed by atoms with Crippen LogP contribution in [-0.2, 0) is 4.79 Å². The lowest BCUT2D eigenvalue weighted by atomic mass is 9.89. The minimum atomic E-state index is -0.468. The third-order valence-corrected chi connectivity index (χ3v) is 4.44. The van der Waals surface area contributed by atoms with Crippen molar-refractivity contribution >= 4 is 17.6 Å². The van der Waals surface area contributed by atoms with Gasteiger partial charge in [0, 0.05) is 22.1 Å². The highest BCUT2D eigenvalue weighted by atomic mass is 16.2. The molecule has 0 aliphatic rings. The van der Waals surface area contributed by atoms with Gasteiger partial charge >= 0.3 is 0 Å². The second-order valence-electron chi connectivity index (χ2n) is 6.70. The monoisotopic (exact) mass is 352 g/mol. The molecule has 5 nitrogen and oxygen atoms in total. The molecule has 2 aromatic carbocycles. The summed E-state index contributed by atoms with van der Waals surface area (Å²) in [5.41, 5.74) is 1.08. The van der Waals surface area contributed by atoms with E-state index in [1.807, 2.05) is 39.0 Å². The van der Waals surface area contributed by atoms with E-state index >= 15 is 0 Å². The van der Waals surface area contributed by atoms with Gasteiger partial charge in [0.15, 0.2) is 5.78 Å². The Hall–Kier alpha value is -2.95. The Morgan fingerprint density at radius 1 is 0.808 bits per heavy atom. The number of ketones is 1. The Morgan fingerprint density at radius 2 is 1.35 bits per heavy atom. The van der Waals surface area contributed by atoms with Crippen molar-refractivity contribution in [3.05, 3.63) is 71.3 Å². The van der Waals surface area contributed by atoms with Crippen LogP contribution in [-0.4, -0.2) is 24.3 Å². The zero-order chi connectivity index (χ0) is 19.2. The molecule has 0 heterocycles. The van der Waals surface area contributed by atoms with Crippen LogP contribution in [0.3, 0.4) is 0 Å². The van der Waals surface area contributed by atoms with Crippen molar-refractivity contribution in [1.29, 1.82) is 0 Å². The fourth-order valence-electron chi connectivity index (χ4n) is 2.24. The van der Waals surface area contributed by atoms with Crippen molar-refractivity contribution in [3.63, 3.8) is 0 Å². The van der Waals surface area contributed by atoms with Gasteiger partial charge in [-0.05, 0) is 18.6 Å². The molecule has 0 atom stereocenters. The van der Waals surface area contributed by atoms with E-state index in [1.165, 1.54) is 0 Å². The van der Waals surface area contributed by atoms with E-state index in [1.54, 1.807) is 36.4 Å². The number of carbonyl (C=O) groups is 3. The Kier molecular flexibility index (Phi) is 6.28. The predicted molar refractivity (Wildman–Crippen MR) is 101 cm³/mol. The van der Waals surface area contributed by atoms with Gasteiger partial charge in [0.25, 0.3) is 5.91 Å². The summed E-state index contributed by atoms with van der Waals surface area (Å²) in [6, 6.07) is 15.4. The van der Waals surface area contributed by atoms with Crippen molar-refractivity contribution in [2.75, 3.05) is 6.67 Å². The standard InChI is InChI=1S/C21H24N2O3/c1-4-21(2,3)20(26)23-14-22-19(25)17-12-10-16(11-13-17)18(24)15-8-6-5-7-9-15/h5-13H,4,14H2,1-3H3,(H,22,25)(H,23,26). The highest BCUT2D eigenvalue weighted by Gasteiger charge is 2.24. The van der Waals surface area contributed by atoms with Gasteiger partial charge in [0.1, 0.15) is 0 Å². The second-order valence-corrected chi connectivity index (χ2v) is 6.70. The first-order valence-corrected chi connectivity index (χ1v) is 8.61. The van der Waals surface area contributed by atoms with Crippen LogP contribution in [0.2, 0.25) is 0 Å². The number of nitrogens with one attached hydrogen (secondary N) is 2. The van der Waals surface area contributed by atoms with E-state index in [2.05, 4.69) is 10.6 Å². The molecule has 26 heavy (non-hydrogen) atoms. The van der Waals surface area contributed by atoms with E-state index in [4.69, 9.17) is 0 Å². The van der Waals surface area contributed by atoms with E-state index in [0.717, 1.165) is 0 Å². The summed E-state index contributed by atoms with van der Waals surface area (Å²) in [6.07, 6.45) is 0.712. The molecule has 0 saturated heterocycles. The normalized spacial score (nSPS) is 10.9. The maximum atomic E-state index is 12.3. The highest BCUT2D eigenvalue weighted by molar-refractivity contribution is 6.09. The molecule has 0 aliphatic heterocycles. The van der Waals surface area contributed by atoms with E-state index in [-0.39, 0.29) is 24.3 Å². The summed E-state index contributed by atoms with van der Waals surface area (Å²) in [6.45, 7) is 5.71. The van der Waals surface area contributed by atoms with Crippen LogP contribution in [0.1, 0.15) is 53.5 Å². The molecule has 2 aromatic rings. The fourth-order valence-corrected chi connectivity index (χ4v) is 2.24. The molecule has 0 spiro atoms. The number of rotatable bonds is 7. The molecule has 0 bridgehead atoms. The number of benzene rings is 2. The lowest BCUT2D eigenvalue weighted by Gasteiger charge is -2.21. The first kappa shape index (κ1) is 19.4. The SMILES string of the molecule is CCC(C)(C)C(=O)NCNC(=O)c1ccc(C(=O)c2ccccc2)cc1. The van der Waals surface area contributed by atoms with Crippen LogP contribution in [0, 0.1) is 5.41 Å². The topological polar surface area (TPSA) is 75.3 Å². The van der Waals surface area contributed by atoms with Crippen LogP contribution < -0.4 is 10.6 Å². The molecule has 0 aliphatic carbocycles. The van der Waals surface area contributed by atoms with Gasteiger partial charge in [-0.15, -0.1) is 0 Å². The Labute approximate surface area is 153 Å². The fraction of sp³-hybridized carbons (Fsp3) is 0.286. The molecule has 0 radical (unpaired) electrons. The van der Waals surface area contributed by atoms with Gasteiger partial charge < -0.3 is 10.6 Å². The smallest absolute Gasteiger partial charge is 0.252 e. The van der Waals surface area contributed by atoms with Gasteiger partial charge in [-0.3, -0.25) is 14.4 Å². The van der Waals surface area contributed by atoms with Crippen LogP contribution in [0.15, 0.2) is 54.6 Å². The Morgan fingerprint density at radius 3 is 1.92 bits per heavy atom. The van der Waals surface area contributed by atoms with Crippen molar-refractivity contribution in [3.8, 4) is 0 Å². The quantitative estimate of drug-likeness (QED) is 0.594. The van der Waals surface area contributed by atoms with Gasteiger partial charge in [-0.2, -0.15) is 0 Å². The second kappa shape index (κ2) is 8.43. The molecule has 0 aromatic heterocycles. The third kappa shape index (κ3) is 4.79. The van der Waals surface area contributed by atoms with Crippen LogP contribution in [0.4, 0.5) is 0 Å². The van der Waals surface area contributed by atoms with Gasteiger partial charge in [0.05, 0.1) is 6.67 Å². The summed E-state index contributed by atoms with van der Waals surface area (Å²) in [5.74, 6) is -0.506. The summed E-state index contributed by atoms with van der Waals surface area (Å²) in [4.78, 5) is 36.5. The van der Waals surface area contributed by atoms with Gasteiger partial charge in [-0.1, -0.05) is 63.2 Å². The molecule has 2 N–H and O–H groups in total.